The fraction of sp³-hybridized carbons (Fsp3) is 0.550. The van der Waals surface area contributed by atoms with Crippen LogP contribution < -0.4 is 5.32 Å². The maximum atomic E-state index is 13.0. The summed E-state index contributed by atoms with van der Waals surface area (Å²) in [4.78, 5) is 38.8. The monoisotopic (exact) mass is 376 g/mol. The number of hydrogen-bond acceptors (Lipinski definition) is 5. The Morgan fingerprint density at radius 1 is 1.19 bits per heavy atom. The minimum absolute atomic E-state index is 0.125. The number of carbonyl (C=O) groups excluding carboxylic acids is 3. The van der Waals surface area contributed by atoms with Crippen molar-refractivity contribution in [1.29, 1.82) is 0 Å². The van der Waals surface area contributed by atoms with Gasteiger partial charge in [-0.1, -0.05) is 44.2 Å². The summed E-state index contributed by atoms with van der Waals surface area (Å²) < 4.78 is 10.1. The Morgan fingerprint density at radius 3 is 2.52 bits per heavy atom. The molecule has 0 unspecified atom stereocenters. The number of nitrogens with zero attached hydrogens (tertiary/aromatic N) is 1. The summed E-state index contributed by atoms with van der Waals surface area (Å²) in [6.07, 6.45) is 1.60. The minimum Gasteiger partial charge on any atom is -0.467 e. The summed E-state index contributed by atoms with van der Waals surface area (Å²) >= 11 is 0. The number of carbonyl (C=O) groups is 3. The smallest absolute Gasteiger partial charge is 0.408 e. The van der Waals surface area contributed by atoms with Crippen molar-refractivity contribution in [3.8, 4) is 0 Å². The van der Waals surface area contributed by atoms with Crippen LogP contribution in [0, 0.1) is 5.92 Å². The molecule has 0 bridgehead atoms. The summed E-state index contributed by atoms with van der Waals surface area (Å²) in [6, 6.07) is 7.95. The van der Waals surface area contributed by atoms with E-state index < -0.39 is 24.1 Å². The lowest BCUT2D eigenvalue weighted by Gasteiger charge is -2.37. The first-order valence-electron chi connectivity index (χ1n) is 9.29. The standard InChI is InChI=1S/C20H28N2O5/c1-14(2)17(21-20(25)27-13-15-9-5-4-6-10-15)18(23)22-12-8-7-11-16(22)19(24)26-3/h4-6,9-10,14,16-17H,7-8,11-13H2,1-3H3,(H,21,25)/t16-,17-/m0/s1. The zero-order valence-corrected chi connectivity index (χ0v) is 16.1. The first-order valence-corrected chi connectivity index (χ1v) is 9.29. The molecule has 0 aliphatic carbocycles. The number of alkyl carbamates (subject to hydrolysis) is 1. The Labute approximate surface area is 160 Å². The summed E-state index contributed by atoms with van der Waals surface area (Å²) in [5.74, 6) is -0.851. The third-order valence-corrected chi connectivity index (χ3v) is 4.68. The number of piperidine rings is 1. The van der Waals surface area contributed by atoms with E-state index in [2.05, 4.69) is 5.32 Å². The van der Waals surface area contributed by atoms with Crippen molar-refractivity contribution in [2.24, 2.45) is 5.92 Å². The van der Waals surface area contributed by atoms with Crippen LogP contribution in [0.25, 0.3) is 0 Å². The molecule has 1 saturated heterocycles. The first kappa shape index (κ1) is 20.7. The van der Waals surface area contributed by atoms with Crippen molar-refractivity contribution in [3.63, 3.8) is 0 Å². The molecule has 1 aromatic rings. The normalized spacial score (nSPS) is 17.9. The predicted molar refractivity (Wildman–Crippen MR) is 99.8 cm³/mol. The molecule has 2 rings (SSSR count). The molecule has 1 N–H and O–H groups in total. The molecule has 1 aromatic carbocycles. The highest BCUT2D eigenvalue weighted by atomic mass is 16.5. The molecule has 2 amide bonds. The number of methoxy groups -OCH3 is 1. The number of amides is 2. The molecule has 1 aliphatic rings. The van der Waals surface area contributed by atoms with Crippen LogP contribution in [0.1, 0.15) is 38.7 Å². The second kappa shape index (κ2) is 9.94. The van der Waals surface area contributed by atoms with Crippen molar-refractivity contribution in [1.82, 2.24) is 10.2 Å². The first-order chi connectivity index (χ1) is 12.9. The lowest BCUT2D eigenvalue weighted by Crippen LogP contribution is -2.57. The molecule has 1 aliphatic heterocycles. The van der Waals surface area contributed by atoms with Gasteiger partial charge in [-0.05, 0) is 30.7 Å². The largest absolute Gasteiger partial charge is 0.467 e. The van der Waals surface area contributed by atoms with E-state index in [0.29, 0.717) is 13.0 Å². The molecule has 0 spiro atoms. The number of hydrogen-bond donors (Lipinski definition) is 1. The average molecular weight is 376 g/mol. The third-order valence-electron chi connectivity index (χ3n) is 4.68. The maximum Gasteiger partial charge on any atom is 0.408 e. The van der Waals surface area contributed by atoms with Crippen LogP contribution in [0.5, 0.6) is 0 Å². The number of esters is 1. The van der Waals surface area contributed by atoms with Gasteiger partial charge in [-0.15, -0.1) is 0 Å². The SMILES string of the molecule is COC(=O)[C@@H]1CCCCN1C(=O)[C@@H](NC(=O)OCc1ccccc1)C(C)C. The van der Waals surface area contributed by atoms with Crippen molar-refractivity contribution in [3.05, 3.63) is 35.9 Å². The van der Waals surface area contributed by atoms with Gasteiger partial charge in [0.1, 0.15) is 18.7 Å². The van der Waals surface area contributed by atoms with Gasteiger partial charge in [0.25, 0.3) is 0 Å². The Balaban J connectivity index is 2.01. The molecule has 148 valence electrons. The topological polar surface area (TPSA) is 84.9 Å². The van der Waals surface area contributed by atoms with Gasteiger partial charge in [0.15, 0.2) is 0 Å². The van der Waals surface area contributed by atoms with Crippen LogP contribution in [0.2, 0.25) is 0 Å². The van der Waals surface area contributed by atoms with Crippen molar-refractivity contribution in [2.45, 2.75) is 51.8 Å². The molecule has 0 radical (unpaired) electrons. The van der Waals surface area contributed by atoms with E-state index in [1.165, 1.54) is 12.0 Å². The van der Waals surface area contributed by atoms with Gasteiger partial charge in [0, 0.05) is 6.54 Å². The van der Waals surface area contributed by atoms with Crippen molar-refractivity contribution < 1.29 is 23.9 Å². The second-order valence-electron chi connectivity index (χ2n) is 6.99. The molecule has 7 heteroatoms. The van der Waals surface area contributed by atoms with Crippen LogP contribution in [-0.2, 0) is 25.7 Å². The van der Waals surface area contributed by atoms with Crippen LogP contribution in [0.4, 0.5) is 4.79 Å². The van der Waals surface area contributed by atoms with E-state index in [1.54, 1.807) is 0 Å². The number of nitrogens with one attached hydrogen (secondary N) is 1. The summed E-state index contributed by atoms with van der Waals surface area (Å²) in [5, 5.41) is 2.66. The summed E-state index contributed by atoms with van der Waals surface area (Å²) in [5.41, 5.74) is 0.863. The minimum atomic E-state index is -0.765. The maximum absolute atomic E-state index is 13.0. The van der Waals surface area contributed by atoms with E-state index in [-0.39, 0.29) is 18.4 Å². The van der Waals surface area contributed by atoms with Gasteiger partial charge in [0.05, 0.1) is 7.11 Å². The van der Waals surface area contributed by atoms with E-state index >= 15 is 0 Å². The molecule has 27 heavy (non-hydrogen) atoms. The van der Waals surface area contributed by atoms with Gasteiger partial charge < -0.3 is 19.7 Å². The van der Waals surface area contributed by atoms with E-state index in [4.69, 9.17) is 9.47 Å². The zero-order valence-electron chi connectivity index (χ0n) is 16.1. The number of benzene rings is 1. The molecular formula is C20H28N2O5. The van der Waals surface area contributed by atoms with E-state index in [9.17, 15) is 14.4 Å². The number of rotatable bonds is 6. The Bertz CT molecular complexity index is 647. The molecule has 7 nitrogen and oxygen atoms in total. The predicted octanol–water partition coefficient (Wildman–Crippen LogP) is 2.49. The van der Waals surface area contributed by atoms with E-state index in [0.717, 1.165) is 18.4 Å². The molecule has 0 aromatic heterocycles. The second-order valence-corrected chi connectivity index (χ2v) is 6.99. The highest BCUT2D eigenvalue weighted by molar-refractivity contribution is 5.90. The quantitative estimate of drug-likeness (QED) is 0.771. The Morgan fingerprint density at radius 2 is 1.89 bits per heavy atom. The van der Waals surface area contributed by atoms with Crippen molar-refractivity contribution >= 4 is 18.0 Å². The van der Waals surface area contributed by atoms with Crippen LogP contribution >= 0.6 is 0 Å². The van der Waals surface area contributed by atoms with Gasteiger partial charge in [-0.25, -0.2) is 9.59 Å². The third kappa shape index (κ3) is 5.70. The number of ether oxygens (including phenoxy) is 2. The van der Waals surface area contributed by atoms with Crippen LogP contribution in [-0.4, -0.2) is 48.6 Å². The number of likely N-dealkylation sites (tertiary alicyclic amines) is 1. The lowest BCUT2D eigenvalue weighted by atomic mass is 9.97. The Hall–Kier alpha value is -2.57. The summed E-state index contributed by atoms with van der Waals surface area (Å²) in [6.45, 7) is 4.29. The molecule has 2 atom stereocenters. The van der Waals surface area contributed by atoms with Crippen molar-refractivity contribution in [2.75, 3.05) is 13.7 Å². The molecule has 0 saturated carbocycles. The Kier molecular flexibility index (Phi) is 7.64. The highest BCUT2D eigenvalue weighted by Crippen LogP contribution is 2.21. The van der Waals surface area contributed by atoms with Crippen LogP contribution in [0.15, 0.2) is 30.3 Å². The van der Waals surface area contributed by atoms with Gasteiger partial charge >= 0.3 is 12.1 Å². The van der Waals surface area contributed by atoms with Crippen LogP contribution in [0.3, 0.4) is 0 Å². The average Bonchev–Trinajstić information content (AvgIpc) is 2.70. The lowest BCUT2D eigenvalue weighted by molar-refractivity contribution is -0.155. The van der Waals surface area contributed by atoms with Gasteiger partial charge in [-0.2, -0.15) is 0 Å². The van der Waals surface area contributed by atoms with E-state index in [1.807, 2.05) is 44.2 Å². The van der Waals surface area contributed by atoms with Gasteiger partial charge in [0.2, 0.25) is 5.91 Å². The highest BCUT2D eigenvalue weighted by Gasteiger charge is 2.37. The van der Waals surface area contributed by atoms with Gasteiger partial charge in [-0.3, -0.25) is 4.79 Å². The molecular weight excluding hydrogens is 348 g/mol. The zero-order chi connectivity index (χ0) is 19.8. The molecule has 1 heterocycles. The fourth-order valence-corrected chi connectivity index (χ4v) is 3.16. The summed E-state index contributed by atoms with van der Waals surface area (Å²) in [7, 11) is 1.32. The molecule has 1 fully saturated rings. The fourth-order valence-electron chi connectivity index (χ4n) is 3.16.